The van der Waals surface area contributed by atoms with E-state index in [0.29, 0.717) is 0 Å². The maximum Gasteiger partial charge on any atom is 0.270 e. The van der Waals surface area contributed by atoms with Crippen molar-refractivity contribution >= 4 is 22.4 Å². The molecule has 7 nitrogen and oxygen atoms in total. The van der Waals surface area contributed by atoms with E-state index >= 15 is 0 Å². The molecule has 7 heteroatoms. The lowest BCUT2D eigenvalue weighted by molar-refractivity contribution is -0.384. The fourth-order valence-corrected chi connectivity index (χ4v) is 2.74. The van der Waals surface area contributed by atoms with Crippen molar-refractivity contribution in [2.45, 2.75) is 19.4 Å². The van der Waals surface area contributed by atoms with E-state index < -0.39 is 0 Å². The molecule has 0 unspecified atom stereocenters. The van der Waals surface area contributed by atoms with E-state index in [-0.39, 0.29) is 16.1 Å². The molecule has 1 aromatic carbocycles. The van der Waals surface area contributed by atoms with Gasteiger partial charge in [0.15, 0.2) is 0 Å². The van der Waals surface area contributed by atoms with Crippen LogP contribution in [0.1, 0.15) is 13.8 Å². The number of aromatic nitrogens is 2. The molecule has 1 saturated heterocycles. The number of nitro groups is 1. The fraction of sp³-hybridized carbons (Fsp3) is 0.429. The standard InChI is InChI=1S/C14H17N5O2/c1-14(2)8-15-5-6-18(14)13-11-7-10(19(20)21)3-4-12(11)16-9-17-13/h3-4,7,9,15H,5-6,8H2,1-2H3. The number of nitro benzene ring substituents is 1. The molecule has 1 N–H and O–H groups in total. The van der Waals surface area contributed by atoms with Crippen LogP contribution in [0.25, 0.3) is 10.9 Å². The number of hydrogen-bond donors (Lipinski definition) is 1. The van der Waals surface area contributed by atoms with Gasteiger partial charge in [-0.15, -0.1) is 0 Å². The van der Waals surface area contributed by atoms with Crippen molar-refractivity contribution in [3.05, 3.63) is 34.6 Å². The van der Waals surface area contributed by atoms with Gasteiger partial charge in [0, 0.05) is 42.7 Å². The quantitative estimate of drug-likeness (QED) is 0.669. The Balaban J connectivity index is 2.17. The molecule has 21 heavy (non-hydrogen) atoms. The Morgan fingerprint density at radius 3 is 2.90 bits per heavy atom. The number of piperazine rings is 1. The van der Waals surface area contributed by atoms with E-state index in [1.54, 1.807) is 12.1 Å². The minimum atomic E-state index is -0.390. The Morgan fingerprint density at radius 2 is 2.19 bits per heavy atom. The fourth-order valence-electron chi connectivity index (χ4n) is 2.74. The third-order valence-electron chi connectivity index (χ3n) is 3.86. The van der Waals surface area contributed by atoms with Crippen LogP contribution in [0, 0.1) is 10.1 Å². The van der Waals surface area contributed by atoms with E-state index in [9.17, 15) is 10.1 Å². The van der Waals surface area contributed by atoms with E-state index in [4.69, 9.17) is 0 Å². The van der Waals surface area contributed by atoms with Gasteiger partial charge in [-0.1, -0.05) is 0 Å². The number of non-ortho nitro benzene ring substituents is 1. The SMILES string of the molecule is CC1(C)CNCCN1c1ncnc2ccc([N+](=O)[O-])cc12. The Hall–Kier alpha value is -2.28. The lowest BCUT2D eigenvalue weighted by Gasteiger charge is -2.43. The number of hydrogen-bond acceptors (Lipinski definition) is 6. The molecular formula is C14H17N5O2. The minimum Gasteiger partial charge on any atom is -0.348 e. The van der Waals surface area contributed by atoms with Crippen LogP contribution in [-0.2, 0) is 0 Å². The highest BCUT2D eigenvalue weighted by atomic mass is 16.6. The van der Waals surface area contributed by atoms with Gasteiger partial charge < -0.3 is 10.2 Å². The van der Waals surface area contributed by atoms with Gasteiger partial charge in [0.2, 0.25) is 0 Å². The van der Waals surface area contributed by atoms with Crippen LogP contribution in [0.4, 0.5) is 11.5 Å². The van der Waals surface area contributed by atoms with E-state index in [0.717, 1.165) is 36.4 Å². The van der Waals surface area contributed by atoms with Crippen molar-refractivity contribution in [2.75, 3.05) is 24.5 Å². The zero-order valence-electron chi connectivity index (χ0n) is 12.0. The number of rotatable bonds is 2. The van der Waals surface area contributed by atoms with E-state index in [1.165, 1.54) is 12.4 Å². The van der Waals surface area contributed by atoms with Crippen LogP contribution < -0.4 is 10.2 Å². The highest BCUT2D eigenvalue weighted by Gasteiger charge is 2.31. The molecule has 0 saturated carbocycles. The molecule has 0 radical (unpaired) electrons. The van der Waals surface area contributed by atoms with Crippen molar-refractivity contribution in [1.29, 1.82) is 0 Å². The summed E-state index contributed by atoms with van der Waals surface area (Å²) in [5.74, 6) is 0.759. The summed E-state index contributed by atoms with van der Waals surface area (Å²) in [5, 5.41) is 15.1. The molecule has 1 aromatic heterocycles. The third kappa shape index (κ3) is 2.40. The van der Waals surface area contributed by atoms with Crippen LogP contribution in [0.3, 0.4) is 0 Å². The number of anilines is 1. The van der Waals surface area contributed by atoms with Crippen LogP contribution in [0.15, 0.2) is 24.5 Å². The lowest BCUT2D eigenvalue weighted by Crippen LogP contribution is -2.58. The van der Waals surface area contributed by atoms with Gasteiger partial charge in [0.05, 0.1) is 10.4 Å². The lowest BCUT2D eigenvalue weighted by atomic mass is 9.99. The summed E-state index contributed by atoms with van der Waals surface area (Å²) in [6, 6.07) is 4.71. The van der Waals surface area contributed by atoms with Crippen LogP contribution in [-0.4, -0.2) is 40.1 Å². The van der Waals surface area contributed by atoms with Crippen molar-refractivity contribution in [3.63, 3.8) is 0 Å². The highest BCUT2D eigenvalue weighted by molar-refractivity contribution is 5.91. The highest BCUT2D eigenvalue weighted by Crippen LogP contribution is 2.31. The van der Waals surface area contributed by atoms with Gasteiger partial charge in [-0.25, -0.2) is 9.97 Å². The first-order valence-electron chi connectivity index (χ1n) is 6.86. The van der Waals surface area contributed by atoms with Crippen molar-refractivity contribution in [3.8, 4) is 0 Å². The molecule has 0 aliphatic carbocycles. The van der Waals surface area contributed by atoms with Crippen molar-refractivity contribution < 1.29 is 4.92 Å². The van der Waals surface area contributed by atoms with Gasteiger partial charge in [-0.3, -0.25) is 10.1 Å². The van der Waals surface area contributed by atoms with Gasteiger partial charge in [0.25, 0.3) is 5.69 Å². The van der Waals surface area contributed by atoms with Gasteiger partial charge in [-0.05, 0) is 19.9 Å². The first kappa shape index (κ1) is 13.7. The largest absolute Gasteiger partial charge is 0.348 e. The maximum atomic E-state index is 11.0. The Bertz CT molecular complexity index is 701. The Morgan fingerprint density at radius 1 is 1.38 bits per heavy atom. The number of nitrogens with zero attached hydrogens (tertiary/aromatic N) is 4. The number of nitrogens with one attached hydrogen (secondary N) is 1. The summed E-state index contributed by atoms with van der Waals surface area (Å²) < 4.78 is 0. The van der Waals surface area contributed by atoms with E-state index in [1.807, 2.05) is 0 Å². The molecule has 2 aromatic rings. The van der Waals surface area contributed by atoms with Gasteiger partial charge in [-0.2, -0.15) is 0 Å². The molecule has 1 aliphatic heterocycles. The topological polar surface area (TPSA) is 84.2 Å². The second kappa shape index (κ2) is 4.92. The summed E-state index contributed by atoms with van der Waals surface area (Å²) in [6.45, 7) is 6.77. The average Bonchev–Trinajstić information content (AvgIpc) is 2.46. The average molecular weight is 287 g/mol. The van der Waals surface area contributed by atoms with E-state index in [2.05, 4.69) is 34.0 Å². The summed E-state index contributed by atoms with van der Waals surface area (Å²) >= 11 is 0. The Kier molecular flexibility index (Phi) is 3.21. The smallest absolute Gasteiger partial charge is 0.270 e. The van der Waals surface area contributed by atoms with Crippen LogP contribution in [0.2, 0.25) is 0 Å². The van der Waals surface area contributed by atoms with Crippen molar-refractivity contribution in [2.24, 2.45) is 0 Å². The normalized spacial score (nSPS) is 17.9. The summed E-state index contributed by atoms with van der Waals surface area (Å²) in [7, 11) is 0. The first-order chi connectivity index (χ1) is 9.99. The Labute approximate surface area is 122 Å². The zero-order chi connectivity index (χ0) is 15.0. The molecule has 110 valence electrons. The summed E-state index contributed by atoms with van der Waals surface area (Å²) in [5.41, 5.74) is 0.677. The zero-order valence-corrected chi connectivity index (χ0v) is 12.0. The third-order valence-corrected chi connectivity index (χ3v) is 3.86. The molecule has 0 spiro atoms. The molecular weight excluding hydrogens is 270 g/mol. The minimum absolute atomic E-state index is 0.0616. The second-order valence-corrected chi connectivity index (χ2v) is 5.80. The van der Waals surface area contributed by atoms with Crippen molar-refractivity contribution in [1.82, 2.24) is 15.3 Å². The number of fused-ring (bicyclic) bond motifs is 1. The van der Waals surface area contributed by atoms with Gasteiger partial charge in [0.1, 0.15) is 12.1 Å². The molecule has 0 atom stereocenters. The number of benzene rings is 1. The molecule has 3 rings (SSSR count). The van der Waals surface area contributed by atoms with Crippen LogP contribution in [0.5, 0.6) is 0 Å². The molecule has 2 heterocycles. The summed E-state index contributed by atoms with van der Waals surface area (Å²) in [6.07, 6.45) is 1.52. The monoisotopic (exact) mass is 287 g/mol. The second-order valence-electron chi connectivity index (χ2n) is 5.80. The predicted molar refractivity (Wildman–Crippen MR) is 80.5 cm³/mol. The maximum absolute atomic E-state index is 11.0. The molecule has 0 amide bonds. The first-order valence-corrected chi connectivity index (χ1v) is 6.86. The molecule has 1 fully saturated rings. The molecule has 0 bridgehead atoms. The summed E-state index contributed by atoms with van der Waals surface area (Å²) in [4.78, 5) is 21.4. The van der Waals surface area contributed by atoms with Gasteiger partial charge >= 0.3 is 0 Å². The predicted octanol–water partition coefficient (Wildman–Crippen LogP) is 1.73. The van der Waals surface area contributed by atoms with Crippen LogP contribution >= 0.6 is 0 Å². The molecule has 1 aliphatic rings.